The number of carbonyl (C=O) groups excluding carboxylic acids is 1. The first kappa shape index (κ1) is 26.6. The minimum absolute atomic E-state index is 0.00728. The number of benzene rings is 2. The fraction of sp³-hybridized carbons (Fsp3) is 0.259. The van der Waals surface area contributed by atoms with Gasteiger partial charge in [-0.05, 0) is 56.2 Å². The number of pyridine rings is 1. The topological polar surface area (TPSA) is 127 Å². The van der Waals surface area contributed by atoms with Crippen LogP contribution in [0.4, 0.5) is 21.6 Å². The molecule has 4 rings (SSSR count). The number of rotatable bonds is 7. The van der Waals surface area contributed by atoms with Crippen molar-refractivity contribution in [3.63, 3.8) is 0 Å². The van der Waals surface area contributed by atoms with Crippen LogP contribution < -0.4 is 27.4 Å². The molecule has 0 spiro atoms. The number of nitrogens with one attached hydrogen (secondary N) is 2. The Morgan fingerprint density at radius 1 is 1.05 bits per heavy atom. The second kappa shape index (κ2) is 10.5. The largest absolute Gasteiger partial charge is 0.396 e. The third-order valence-corrected chi connectivity index (χ3v) is 6.24. The van der Waals surface area contributed by atoms with E-state index in [0.29, 0.717) is 16.9 Å². The van der Waals surface area contributed by atoms with E-state index >= 15 is 0 Å². The summed E-state index contributed by atoms with van der Waals surface area (Å²) in [6.45, 7) is 4.24. The molecular formula is C27H28FN5O5. The maximum absolute atomic E-state index is 14.8. The first-order chi connectivity index (χ1) is 18.0. The molecule has 198 valence electrons. The number of carbonyl (C=O) groups is 1. The summed E-state index contributed by atoms with van der Waals surface area (Å²) < 4.78 is 18.2. The Morgan fingerprint density at radius 2 is 1.79 bits per heavy atom. The number of aliphatic hydroxyl groups excluding tert-OH is 1. The summed E-state index contributed by atoms with van der Waals surface area (Å²) in [6.07, 6.45) is 0.132. The Kier molecular flexibility index (Phi) is 7.31. The van der Waals surface area contributed by atoms with Crippen molar-refractivity contribution < 1.29 is 14.3 Å². The van der Waals surface area contributed by atoms with Crippen molar-refractivity contribution in [2.24, 2.45) is 7.05 Å². The highest BCUT2D eigenvalue weighted by Gasteiger charge is 2.24. The van der Waals surface area contributed by atoms with Crippen molar-refractivity contribution in [3.8, 4) is 5.69 Å². The van der Waals surface area contributed by atoms with E-state index < -0.39 is 22.6 Å². The van der Waals surface area contributed by atoms with E-state index in [0.717, 1.165) is 4.57 Å². The molecule has 0 unspecified atom stereocenters. The van der Waals surface area contributed by atoms with Crippen LogP contribution >= 0.6 is 0 Å². The first-order valence-corrected chi connectivity index (χ1v) is 12.0. The maximum atomic E-state index is 14.8. The third-order valence-electron chi connectivity index (χ3n) is 6.24. The average Bonchev–Trinajstić information content (AvgIpc) is 2.86. The third kappa shape index (κ3) is 4.75. The van der Waals surface area contributed by atoms with Gasteiger partial charge in [-0.2, -0.15) is 0 Å². The predicted octanol–water partition coefficient (Wildman–Crippen LogP) is 2.69. The fourth-order valence-electron chi connectivity index (χ4n) is 4.43. The Morgan fingerprint density at radius 3 is 2.45 bits per heavy atom. The molecule has 0 aliphatic heterocycles. The van der Waals surface area contributed by atoms with Gasteiger partial charge in [-0.3, -0.25) is 28.1 Å². The minimum Gasteiger partial charge on any atom is -0.396 e. The number of fused-ring (bicyclic) bond motifs is 1. The minimum atomic E-state index is -0.722. The molecule has 0 radical (unpaired) electrons. The highest BCUT2D eigenvalue weighted by molar-refractivity contribution is 5.94. The van der Waals surface area contributed by atoms with Gasteiger partial charge in [-0.15, -0.1) is 0 Å². The molecule has 0 bridgehead atoms. The van der Waals surface area contributed by atoms with E-state index in [9.17, 15) is 28.7 Å². The number of hydrogen-bond acceptors (Lipinski definition) is 6. The lowest BCUT2D eigenvalue weighted by Gasteiger charge is -2.21. The molecule has 2 heterocycles. The van der Waals surface area contributed by atoms with Crippen LogP contribution in [-0.2, 0) is 18.4 Å². The molecular weight excluding hydrogens is 493 g/mol. The van der Waals surface area contributed by atoms with Crippen molar-refractivity contribution in [2.75, 3.05) is 17.2 Å². The highest BCUT2D eigenvalue weighted by atomic mass is 19.1. The monoisotopic (exact) mass is 521 g/mol. The maximum Gasteiger partial charge on any atom is 0.336 e. The number of amides is 1. The molecule has 10 nitrogen and oxygen atoms in total. The number of aryl methyl sites for hydroxylation is 2. The van der Waals surface area contributed by atoms with E-state index in [4.69, 9.17) is 0 Å². The molecule has 0 aliphatic carbocycles. The summed E-state index contributed by atoms with van der Waals surface area (Å²) in [7, 11) is 1.45. The van der Waals surface area contributed by atoms with Crippen molar-refractivity contribution in [2.45, 2.75) is 33.7 Å². The highest BCUT2D eigenvalue weighted by Crippen LogP contribution is 2.27. The van der Waals surface area contributed by atoms with Crippen LogP contribution in [0.3, 0.4) is 0 Å². The number of aliphatic hydroxyl groups is 1. The SMILES string of the molecule is CC(=O)Nc1cccc(-n2c(=O)n(CCCO)c(=O)c3c(Nc4ccc(C)cc4F)n(C)c(=O)c(C)c32)c1. The summed E-state index contributed by atoms with van der Waals surface area (Å²) in [5.41, 5.74) is -0.286. The number of anilines is 3. The van der Waals surface area contributed by atoms with E-state index in [1.54, 1.807) is 37.3 Å². The number of aromatic nitrogens is 3. The molecule has 38 heavy (non-hydrogen) atoms. The molecule has 0 fully saturated rings. The normalized spacial score (nSPS) is 11.1. The van der Waals surface area contributed by atoms with Gasteiger partial charge < -0.3 is 15.7 Å². The van der Waals surface area contributed by atoms with Gasteiger partial charge >= 0.3 is 5.69 Å². The van der Waals surface area contributed by atoms with Crippen LogP contribution in [0.5, 0.6) is 0 Å². The van der Waals surface area contributed by atoms with Gasteiger partial charge in [0.1, 0.15) is 17.0 Å². The quantitative estimate of drug-likeness (QED) is 0.343. The van der Waals surface area contributed by atoms with Crippen LogP contribution in [0.15, 0.2) is 56.8 Å². The van der Waals surface area contributed by atoms with Gasteiger partial charge in [0.15, 0.2) is 0 Å². The van der Waals surface area contributed by atoms with E-state index in [2.05, 4.69) is 10.6 Å². The molecule has 1 amide bonds. The summed E-state index contributed by atoms with van der Waals surface area (Å²) in [4.78, 5) is 52.5. The zero-order chi connectivity index (χ0) is 27.7. The van der Waals surface area contributed by atoms with Crippen molar-refractivity contribution in [3.05, 3.63) is 90.6 Å². The lowest BCUT2D eigenvalue weighted by molar-refractivity contribution is -0.114. The van der Waals surface area contributed by atoms with Gasteiger partial charge in [0, 0.05) is 38.4 Å². The van der Waals surface area contributed by atoms with Crippen molar-refractivity contribution in [1.29, 1.82) is 0 Å². The van der Waals surface area contributed by atoms with E-state index in [1.807, 2.05) is 0 Å². The van der Waals surface area contributed by atoms with Gasteiger partial charge in [0.25, 0.3) is 11.1 Å². The zero-order valence-electron chi connectivity index (χ0n) is 21.5. The Bertz CT molecular complexity index is 1750. The van der Waals surface area contributed by atoms with Crippen LogP contribution in [-0.4, -0.2) is 31.3 Å². The molecule has 2 aromatic heterocycles. The second-order valence-electron chi connectivity index (χ2n) is 9.05. The van der Waals surface area contributed by atoms with Crippen molar-refractivity contribution >= 4 is 34.0 Å². The van der Waals surface area contributed by atoms with Crippen molar-refractivity contribution in [1.82, 2.24) is 13.7 Å². The molecule has 0 saturated heterocycles. The molecule has 0 atom stereocenters. The molecule has 4 aromatic rings. The van der Waals surface area contributed by atoms with Crippen LogP contribution in [0.25, 0.3) is 16.6 Å². The standard InChI is InChI=1S/C27H28FN5O5/c1-15-9-10-21(20(28)13-15)30-24-22-23(16(2)25(36)31(24)4)33(27(38)32(26(22)37)11-6-12-34)19-8-5-7-18(14-19)29-17(3)35/h5,7-10,13-14,30,34H,6,11-12H2,1-4H3,(H,29,35). The van der Waals surface area contributed by atoms with E-state index in [1.165, 1.54) is 42.2 Å². The number of halogens is 1. The van der Waals surface area contributed by atoms with Crippen LogP contribution in [0.1, 0.15) is 24.5 Å². The summed E-state index contributed by atoms with van der Waals surface area (Å²) in [5, 5.41) is 14.9. The molecule has 0 aliphatic rings. The molecule has 2 aromatic carbocycles. The second-order valence-corrected chi connectivity index (χ2v) is 9.05. The lowest BCUT2D eigenvalue weighted by Crippen LogP contribution is -2.41. The summed E-state index contributed by atoms with van der Waals surface area (Å²) in [6, 6.07) is 10.9. The molecule has 11 heteroatoms. The zero-order valence-corrected chi connectivity index (χ0v) is 21.5. The van der Waals surface area contributed by atoms with Gasteiger partial charge in [-0.25, -0.2) is 9.18 Å². The fourth-order valence-corrected chi connectivity index (χ4v) is 4.43. The molecule has 3 N–H and O–H groups in total. The summed E-state index contributed by atoms with van der Waals surface area (Å²) in [5.74, 6) is -0.889. The number of hydrogen-bond donors (Lipinski definition) is 3. The van der Waals surface area contributed by atoms with Gasteiger partial charge in [0.2, 0.25) is 5.91 Å². The Balaban J connectivity index is 2.16. The predicted molar refractivity (Wildman–Crippen MR) is 144 cm³/mol. The molecule has 0 saturated carbocycles. The van der Waals surface area contributed by atoms with Crippen LogP contribution in [0.2, 0.25) is 0 Å². The van der Waals surface area contributed by atoms with Gasteiger partial charge in [-0.1, -0.05) is 12.1 Å². The van der Waals surface area contributed by atoms with Gasteiger partial charge in [0.05, 0.1) is 16.9 Å². The lowest BCUT2D eigenvalue weighted by atomic mass is 10.1. The van der Waals surface area contributed by atoms with Crippen LogP contribution in [0, 0.1) is 19.7 Å². The number of nitrogens with zero attached hydrogens (tertiary/aromatic N) is 3. The Hall–Kier alpha value is -4.51. The first-order valence-electron chi connectivity index (χ1n) is 12.0. The Labute approximate surface area is 216 Å². The van der Waals surface area contributed by atoms with E-state index in [-0.39, 0.29) is 53.5 Å². The smallest absolute Gasteiger partial charge is 0.336 e. The average molecular weight is 522 g/mol. The summed E-state index contributed by atoms with van der Waals surface area (Å²) >= 11 is 0.